The van der Waals surface area contributed by atoms with Crippen molar-refractivity contribution in [3.05, 3.63) is 54.1 Å². The number of hydrogen-bond donors (Lipinski definition) is 1. The molecule has 0 amide bonds. The summed E-state index contributed by atoms with van der Waals surface area (Å²) in [6, 6.07) is 11.1. The molecule has 0 bridgehead atoms. The maximum Gasteiger partial charge on any atom is 0.191 e. The Morgan fingerprint density at radius 1 is 1.00 bits per heavy atom. The minimum atomic E-state index is -0.631. The van der Waals surface area contributed by atoms with Crippen molar-refractivity contribution in [1.82, 2.24) is 4.90 Å². The van der Waals surface area contributed by atoms with Gasteiger partial charge in [0.05, 0.1) is 6.10 Å². The Labute approximate surface area is 156 Å². The van der Waals surface area contributed by atoms with Gasteiger partial charge in [0.2, 0.25) is 0 Å². The van der Waals surface area contributed by atoms with Gasteiger partial charge in [0.25, 0.3) is 0 Å². The molecule has 3 nitrogen and oxygen atoms in total. The lowest BCUT2D eigenvalue weighted by molar-refractivity contribution is 0.174. The highest BCUT2D eigenvalue weighted by Gasteiger charge is 2.42. The Morgan fingerprint density at radius 3 is 2.23 bits per heavy atom. The molecule has 2 aromatic carbocycles. The number of fused-ring (bicyclic) bond motifs is 1. The van der Waals surface area contributed by atoms with Gasteiger partial charge in [-0.1, -0.05) is 6.07 Å². The average molecular weight is 377 g/mol. The molecule has 6 heteroatoms. The highest BCUT2D eigenvalue weighted by molar-refractivity contribution is 7.99. The zero-order valence-corrected chi connectivity index (χ0v) is 15.1. The van der Waals surface area contributed by atoms with Crippen LogP contribution < -0.4 is 4.74 Å². The lowest BCUT2D eigenvalue weighted by atomic mass is 10.0. The van der Waals surface area contributed by atoms with Gasteiger partial charge in [-0.25, -0.2) is 8.78 Å². The summed E-state index contributed by atoms with van der Waals surface area (Å²) < 4.78 is 33.2. The first-order valence-electron chi connectivity index (χ1n) is 8.83. The average Bonchev–Trinajstić information content (AvgIpc) is 3.16. The first kappa shape index (κ1) is 17.6. The van der Waals surface area contributed by atoms with Crippen molar-refractivity contribution in [3.63, 3.8) is 0 Å². The van der Waals surface area contributed by atoms with E-state index in [0.717, 1.165) is 36.7 Å². The van der Waals surface area contributed by atoms with Crippen LogP contribution in [-0.4, -0.2) is 35.1 Å². The fourth-order valence-electron chi connectivity index (χ4n) is 4.01. The molecule has 0 spiro atoms. The molecule has 1 N–H and O–H groups in total. The highest BCUT2D eigenvalue weighted by Crippen LogP contribution is 2.41. The zero-order chi connectivity index (χ0) is 18.1. The van der Waals surface area contributed by atoms with Crippen LogP contribution in [0.1, 0.15) is 12.8 Å². The van der Waals surface area contributed by atoms with E-state index < -0.39 is 11.6 Å². The summed E-state index contributed by atoms with van der Waals surface area (Å²) in [7, 11) is 0. The number of likely N-dealkylation sites (tertiary alicyclic amines) is 1. The van der Waals surface area contributed by atoms with Crippen LogP contribution in [0, 0.1) is 23.5 Å². The number of thioether (sulfide) groups is 1. The number of nitrogens with zero attached hydrogens (tertiary/aromatic N) is 1. The number of phenolic OH excluding ortho intramolecular Hbond substituents is 1. The summed E-state index contributed by atoms with van der Waals surface area (Å²) in [4.78, 5) is 3.56. The predicted molar refractivity (Wildman–Crippen MR) is 97.4 cm³/mol. The molecule has 26 heavy (non-hydrogen) atoms. The number of aromatic hydroxyl groups is 1. The Bertz CT molecular complexity index is 737. The standard InChI is InChI=1S/C20H21F2NO2S/c21-18-2-1-3-19(22)20(18)25-16-8-13-10-23(11-14(13)9-16)12-26-17-6-4-15(24)5-7-17/h1-7,13-14,16,24H,8-12H2/t13-,14+,16?. The second-order valence-corrected chi connectivity index (χ2v) is 8.10. The number of phenols is 1. The van der Waals surface area contributed by atoms with Gasteiger partial charge in [-0.2, -0.15) is 0 Å². The molecule has 1 saturated carbocycles. The molecular formula is C20H21F2NO2S. The summed E-state index contributed by atoms with van der Waals surface area (Å²) in [5, 5.41) is 9.33. The first-order chi connectivity index (χ1) is 12.6. The fraction of sp³-hybridized carbons (Fsp3) is 0.400. The number of para-hydroxylation sites is 1. The quantitative estimate of drug-likeness (QED) is 0.777. The number of hydrogen-bond acceptors (Lipinski definition) is 4. The summed E-state index contributed by atoms with van der Waals surface area (Å²) >= 11 is 1.76. The van der Waals surface area contributed by atoms with E-state index in [2.05, 4.69) is 4.90 Å². The van der Waals surface area contributed by atoms with Gasteiger partial charge < -0.3 is 9.84 Å². The van der Waals surface area contributed by atoms with Crippen LogP contribution in [-0.2, 0) is 0 Å². The molecule has 0 radical (unpaired) electrons. The third-order valence-corrected chi connectivity index (χ3v) is 6.34. The number of halogens is 2. The minimum Gasteiger partial charge on any atom is -0.508 e. The van der Waals surface area contributed by atoms with E-state index in [0.29, 0.717) is 11.8 Å². The molecule has 138 valence electrons. The molecule has 2 aliphatic rings. The van der Waals surface area contributed by atoms with Crippen LogP contribution in [0.4, 0.5) is 8.78 Å². The SMILES string of the molecule is Oc1ccc(SCN2C[C@H]3CC(Oc4c(F)cccc4F)C[C@H]3C2)cc1. The van der Waals surface area contributed by atoms with Crippen molar-refractivity contribution in [2.45, 2.75) is 23.8 Å². The molecule has 1 aliphatic heterocycles. The van der Waals surface area contributed by atoms with Crippen LogP contribution in [0.5, 0.6) is 11.5 Å². The smallest absolute Gasteiger partial charge is 0.191 e. The van der Waals surface area contributed by atoms with Crippen LogP contribution in [0.15, 0.2) is 47.4 Å². The van der Waals surface area contributed by atoms with E-state index in [1.54, 1.807) is 23.9 Å². The molecule has 1 aliphatic carbocycles. The maximum atomic E-state index is 13.8. The van der Waals surface area contributed by atoms with Gasteiger partial charge in [-0.3, -0.25) is 4.90 Å². The Balaban J connectivity index is 1.28. The molecule has 1 heterocycles. The summed E-state index contributed by atoms with van der Waals surface area (Å²) in [5.41, 5.74) is 0. The van der Waals surface area contributed by atoms with E-state index in [-0.39, 0.29) is 17.6 Å². The molecule has 3 atom stereocenters. The summed E-state index contributed by atoms with van der Waals surface area (Å²) in [5.74, 6) is 0.735. The Kier molecular flexibility index (Phi) is 5.05. The van der Waals surface area contributed by atoms with Crippen molar-refractivity contribution >= 4 is 11.8 Å². The number of ether oxygens (including phenoxy) is 1. The van der Waals surface area contributed by atoms with Crippen LogP contribution in [0.3, 0.4) is 0 Å². The lowest BCUT2D eigenvalue weighted by Gasteiger charge is -2.20. The van der Waals surface area contributed by atoms with E-state index in [4.69, 9.17) is 4.74 Å². The second-order valence-electron chi connectivity index (χ2n) is 7.09. The van der Waals surface area contributed by atoms with Crippen molar-refractivity contribution < 1.29 is 18.6 Å². The summed E-state index contributed by atoms with van der Waals surface area (Å²) in [6.45, 7) is 1.99. The number of benzene rings is 2. The van der Waals surface area contributed by atoms with Crippen molar-refractivity contribution in [1.29, 1.82) is 0 Å². The largest absolute Gasteiger partial charge is 0.508 e. The van der Waals surface area contributed by atoms with E-state index in [1.807, 2.05) is 12.1 Å². The van der Waals surface area contributed by atoms with E-state index in [1.165, 1.54) is 18.2 Å². The number of rotatable bonds is 5. The monoisotopic (exact) mass is 377 g/mol. The van der Waals surface area contributed by atoms with Crippen LogP contribution in [0.25, 0.3) is 0 Å². The lowest BCUT2D eigenvalue weighted by Crippen LogP contribution is -2.24. The zero-order valence-electron chi connectivity index (χ0n) is 14.3. The molecule has 2 fully saturated rings. The molecule has 1 unspecified atom stereocenters. The third-order valence-electron chi connectivity index (χ3n) is 5.24. The second kappa shape index (κ2) is 7.45. The topological polar surface area (TPSA) is 32.7 Å². The first-order valence-corrected chi connectivity index (χ1v) is 9.82. The van der Waals surface area contributed by atoms with Crippen molar-refractivity contribution in [3.8, 4) is 11.5 Å². The maximum absolute atomic E-state index is 13.8. The molecule has 4 rings (SSSR count). The van der Waals surface area contributed by atoms with Crippen LogP contribution >= 0.6 is 11.8 Å². The molecule has 2 aromatic rings. The highest BCUT2D eigenvalue weighted by atomic mass is 32.2. The van der Waals surface area contributed by atoms with Gasteiger partial charge in [0.1, 0.15) is 5.75 Å². The van der Waals surface area contributed by atoms with Gasteiger partial charge in [-0.15, -0.1) is 11.8 Å². The molecule has 0 aromatic heterocycles. The van der Waals surface area contributed by atoms with Gasteiger partial charge >= 0.3 is 0 Å². The van der Waals surface area contributed by atoms with Gasteiger partial charge in [0.15, 0.2) is 17.4 Å². The van der Waals surface area contributed by atoms with Crippen molar-refractivity contribution in [2.24, 2.45) is 11.8 Å². The summed E-state index contributed by atoms with van der Waals surface area (Å²) in [6.07, 6.45) is 1.58. The van der Waals surface area contributed by atoms with Gasteiger partial charge in [0, 0.05) is 23.9 Å². The molecule has 1 saturated heterocycles. The van der Waals surface area contributed by atoms with E-state index >= 15 is 0 Å². The normalized spacial score (nSPS) is 25.4. The molecular weight excluding hydrogens is 356 g/mol. The minimum absolute atomic E-state index is 0.108. The third kappa shape index (κ3) is 3.81. The van der Waals surface area contributed by atoms with Crippen molar-refractivity contribution in [2.75, 3.05) is 19.0 Å². The predicted octanol–water partition coefficient (Wildman–Crippen LogP) is 4.51. The van der Waals surface area contributed by atoms with E-state index in [9.17, 15) is 13.9 Å². The van der Waals surface area contributed by atoms with Gasteiger partial charge in [-0.05, 0) is 61.1 Å². The fourth-order valence-corrected chi connectivity index (χ4v) is 4.88. The Hall–Kier alpha value is -1.79. The Morgan fingerprint density at radius 2 is 1.62 bits per heavy atom. The van der Waals surface area contributed by atoms with Crippen LogP contribution in [0.2, 0.25) is 0 Å².